The van der Waals surface area contributed by atoms with E-state index in [2.05, 4.69) is 21.4 Å². The Balaban J connectivity index is 4.01. The molecule has 11 heavy (non-hydrogen) atoms. The van der Waals surface area contributed by atoms with Gasteiger partial charge in [0.1, 0.15) is 0 Å². The summed E-state index contributed by atoms with van der Waals surface area (Å²) in [4.78, 5) is 6.69. The van der Waals surface area contributed by atoms with Crippen LogP contribution < -0.4 is 0 Å². The fourth-order valence-electron chi connectivity index (χ4n) is 0.532. The second-order valence-electron chi connectivity index (χ2n) is 3.84. The average molecular weight is 283 g/mol. The van der Waals surface area contributed by atoms with Gasteiger partial charge in [-0.3, -0.25) is 0 Å². The molecule has 0 N–H and O–H groups in total. The molecule has 0 fully saturated rings. The molecule has 0 aliphatic rings. The number of sulfone groups is 1. The van der Waals surface area contributed by atoms with Gasteiger partial charge in [0.2, 0.25) is 0 Å². The molecule has 4 heteroatoms. The van der Waals surface area contributed by atoms with Crippen molar-refractivity contribution in [2.75, 3.05) is 5.75 Å². The molecule has 0 aromatic rings. The van der Waals surface area contributed by atoms with Gasteiger partial charge < -0.3 is 0 Å². The second kappa shape index (κ2) is 3.94. The Morgan fingerprint density at radius 1 is 1.36 bits per heavy atom. The quantitative estimate of drug-likeness (QED) is 0.738. The van der Waals surface area contributed by atoms with Gasteiger partial charge in [0, 0.05) is 0 Å². The Hall–Kier alpha value is 0.489. The first kappa shape index (κ1) is 11.5. The Kier molecular flexibility index (Phi) is 4.11. The van der Waals surface area contributed by atoms with E-state index in [4.69, 9.17) is 0 Å². The molecule has 66 valence electrons. The summed E-state index contributed by atoms with van der Waals surface area (Å²) in [5.41, 5.74) is 0. The van der Waals surface area contributed by atoms with E-state index in [1.807, 2.05) is 0 Å². The molecule has 0 aliphatic carbocycles. The fourth-order valence-corrected chi connectivity index (χ4v) is 9.27. The van der Waals surface area contributed by atoms with Gasteiger partial charge in [-0.15, -0.1) is 0 Å². The summed E-state index contributed by atoms with van der Waals surface area (Å²) in [6, 6.07) is 0. The third kappa shape index (κ3) is 6.87. The standard InChI is InChI=1S/C4H7O2S.3CH3.Sn/c1-3-7(5,6)4-2;;;;/h3H,1-2,4H2;3*1H3;. The van der Waals surface area contributed by atoms with Crippen molar-refractivity contribution in [3.8, 4) is 0 Å². The van der Waals surface area contributed by atoms with Crippen LogP contribution >= 0.6 is 0 Å². The van der Waals surface area contributed by atoms with Gasteiger partial charge in [0.25, 0.3) is 0 Å². The van der Waals surface area contributed by atoms with Gasteiger partial charge in [0.05, 0.1) is 0 Å². The van der Waals surface area contributed by atoms with Crippen molar-refractivity contribution >= 4 is 28.2 Å². The molecule has 0 spiro atoms. The molecule has 0 rings (SSSR count). The number of hydrogen-bond donors (Lipinski definition) is 0. The molecule has 0 radical (unpaired) electrons. The summed E-state index contributed by atoms with van der Waals surface area (Å²) in [5.74, 6) is 0.302. The Morgan fingerprint density at radius 3 is 2.09 bits per heavy atom. The minimum absolute atomic E-state index is 0.302. The van der Waals surface area contributed by atoms with E-state index in [1.54, 1.807) is 0 Å². The van der Waals surface area contributed by atoms with Crippen LogP contribution in [-0.2, 0) is 9.84 Å². The zero-order chi connectivity index (χ0) is 9.12. The summed E-state index contributed by atoms with van der Waals surface area (Å²) in [7, 11) is -2.94. The first-order chi connectivity index (χ1) is 4.77. The van der Waals surface area contributed by atoms with E-state index in [-0.39, 0.29) is 0 Å². The average Bonchev–Trinajstić information content (AvgIpc) is 1.83. The first-order valence-corrected chi connectivity index (χ1v) is 15.9. The van der Waals surface area contributed by atoms with Crippen LogP contribution in [0.3, 0.4) is 0 Å². The molecular formula is C7H16O2SSn. The fraction of sp³-hybridized carbons (Fsp3) is 0.714. The van der Waals surface area contributed by atoms with Crippen LogP contribution in [0.4, 0.5) is 0 Å². The van der Waals surface area contributed by atoms with E-state index in [0.717, 1.165) is 9.84 Å². The van der Waals surface area contributed by atoms with Gasteiger partial charge in [-0.2, -0.15) is 0 Å². The van der Waals surface area contributed by atoms with Gasteiger partial charge in [-0.1, -0.05) is 0 Å². The zero-order valence-electron chi connectivity index (χ0n) is 7.42. The van der Waals surface area contributed by atoms with Crippen LogP contribution in [0.5, 0.6) is 0 Å². The third-order valence-electron chi connectivity index (χ3n) is 1.39. The van der Waals surface area contributed by atoms with Crippen LogP contribution in [0.2, 0.25) is 19.3 Å². The molecular weight excluding hydrogens is 267 g/mol. The summed E-state index contributed by atoms with van der Waals surface area (Å²) >= 11 is -1.87. The van der Waals surface area contributed by atoms with Gasteiger partial charge in [-0.25, -0.2) is 0 Å². The topological polar surface area (TPSA) is 34.1 Å². The van der Waals surface area contributed by atoms with Gasteiger partial charge in [0.15, 0.2) is 0 Å². The van der Waals surface area contributed by atoms with Crippen molar-refractivity contribution in [3.05, 3.63) is 12.0 Å². The molecule has 0 amide bonds. The monoisotopic (exact) mass is 284 g/mol. The Morgan fingerprint density at radius 2 is 1.82 bits per heavy atom. The molecule has 2 nitrogen and oxygen atoms in total. The number of rotatable bonds is 4. The summed E-state index contributed by atoms with van der Waals surface area (Å²) in [6.07, 6.45) is 0. The van der Waals surface area contributed by atoms with Gasteiger partial charge >= 0.3 is 73.6 Å². The van der Waals surface area contributed by atoms with Crippen LogP contribution in [0.25, 0.3) is 0 Å². The van der Waals surface area contributed by atoms with E-state index in [1.165, 1.54) is 0 Å². The van der Waals surface area contributed by atoms with Crippen LogP contribution in [0, 0.1) is 0 Å². The Labute approximate surface area is 73.5 Å². The zero-order valence-corrected chi connectivity index (χ0v) is 11.1. The van der Waals surface area contributed by atoms with Gasteiger partial charge in [-0.05, 0) is 0 Å². The molecule has 0 atom stereocenters. The molecule has 0 saturated heterocycles. The predicted molar refractivity (Wildman–Crippen MR) is 52.1 cm³/mol. The van der Waals surface area contributed by atoms with Crippen molar-refractivity contribution in [2.45, 2.75) is 19.3 Å². The van der Waals surface area contributed by atoms with Crippen molar-refractivity contribution < 1.29 is 8.42 Å². The van der Waals surface area contributed by atoms with Crippen LogP contribution in [0.1, 0.15) is 0 Å². The maximum atomic E-state index is 11.0. The van der Waals surface area contributed by atoms with Crippen LogP contribution in [0.15, 0.2) is 12.0 Å². The number of hydrogen-bond acceptors (Lipinski definition) is 2. The molecule has 0 bridgehead atoms. The predicted octanol–water partition coefficient (Wildman–Crippen LogP) is 1.88. The Bertz CT molecular complexity index is 223. The molecule has 0 heterocycles. The summed E-state index contributed by atoms with van der Waals surface area (Å²) < 4.78 is 22.8. The minimum atomic E-state index is -2.94. The van der Waals surface area contributed by atoms with E-state index >= 15 is 0 Å². The van der Waals surface area contributed by atoms with Crippen LogP contribution in [-0.4, -0.2) is 32.5 Å². The van der Waals surface area contributed by atoms with Crippen molar-refractivity contribution in [1.82, 2.24) is 0 Å². The van der Waals surface area contributed by atoms with Crippen molar-refractivity contribution in [1.29, 1.82) is 0 Å². The normalized spacial score (nSPS) is 13.0. The van der Waals surface area contributed by atoms with E-state index in [0.29, 0.717) is 5.75 Å². The molecule has 0 aliphatic heterocycles. The summed E-state index contributed by atoms with van der Waals surface area (Å²) in [5, 5.41) is 1.06. The second-order valence-corrected chi connectivity index (χ2v) is 22.0. The molecule has 0 aromatic carbocycles. The summed E-state index contributed by atoms with van der Waals surface area (Å²) in [6.45, 7) is 3.27. The SMILES string of the molecule is C=CS(=O)(=O)C[CH2][Sn]([CH3])([CH3])[CH3]. The maximum absolute atomic E-state index is 11.0. The first-order valence-electron chi connectivity index (χ1n) is 3.62. The van der Waals surface area contributed by atoms with E-state index < -0.39 is 28.2 Å². The third-order valence-corrected chi connectivity index (χ3v) is 8.70. The van der Waals surface area contributed by atoms with Crippen molar-refractivity contribution in [2.24, 2.45) is 0 Å². The molecule has 0 aromatic heterocycles. The molecule has 0 saturated carbocycles. The molecule has 0 unspecified atom stereocenters. The van der Waals surface area contributed by atoms with Crippen molar-refractivity contribution in [3.63, 3.8) is 0 Å². The van der Waals surface area contributed by atoms with E-state index in [9.17, 15) is 8.42 Å².